The summed E-state index contributed by atoms with van der Waals surface area (Å²) in [6.45, 7) is 0.0442. The van der Waals surface area contributed by atoms with Gasteiger partial charge in [0, 0.05) is 24.2 Å². The molecule has 0 aliphatic heterocycles. The molecule has 0 unspecified atom stereocenters. The Morgan fingerprint density at radius 1 is 1.20 bits per heavy atom. The first kappa shape index (κ1) is 13.9. The minimum atomic E-state index is -1.06. The van der Waals surface area contributed by atoms with Crippen LogP contribution in [0, 0.1) is 21.7 Å². The lowest BCUT2D eigenvalue weighted by Gasteiger charge is -2.10. The second-order valence-electron chi connectivity index (χ2n) is 3.90. The van der Waals surface area contributed by atoms with E-state index in [9.17, 15) is 18.9 Å². The molecule has 5 nitrogen and oxygen atoms in total. The number of hydrogen-bond acceptors (Lipinski definition) is 4. The van der Waals surface area contributed by atoms with Crippen molar-refractivity contribution in [3.63, 3.8) is 0 Å². The molecule has 0 aliphatic carbocycles. The second-order valence-corrected chi connectivity index (χ2v) is 3.90. The van der Waals surface area contributed by atoms with Crippen molar-refractivity contribution in [2.45, 2.75) is 6.54 Å². The number of ether oxygens (including phenoxy) is 1. The SMILES string of the molecule is NCc1cccc(F)c1Oc1ccc([N+](=O)[O-])c(F)c1. The van der Waals surface area contributed by atoms with Crippen LogP contribution in [-0.4, -0.2) is 4.92 Å². The van der Waals surface area contributed by atoms with Crippen LogP contribution in [-0.2, 0) is 6.54 Å². The highest BCUT2D eigenvalue weighted by Gasteiger charge is 2.16. The van der Waals surface area contributed by atoms with Gasteiger partial charge in [0.15, 0.2) is 11.6 Å². The number of benzene rings is 2. The molecule has 2 aromatic rings. The van der Waals surface area contributed by atoms with Crippen molar-refractivity contribution in [3.8, 4) is 11.5 Å². The lowest BCUT2D eigenvalue weighted by atomic mass is 10.2. The molecule has 7 heteroatoms. The van der Waals surface area contributed by atoms with E-state index >= 15 is 0 Å². The smallest absolute Gasteiger partial charge is 0.305 e. The first-order valence-electron chi connectivity index (χ1n) is 5.62. The molecular formula is C13H10F2N2O3. The zero-order chi connectivity index (χ0) is 14.7. The van der Waals surface area contributed by atoms with Crippen LogP contribution in [0.4, 0.5) is 14.5 Å². The molecule has 104 valence electrons. The number of rotatable bonds is 4. The highest BCUT2D eigenvalue weighted by atomic mass is 19.1. The molecule has 2 N–H and O–H groups in total. The predicted molar refractivity (Wildman–Crippen MR) is 67.4 cm³/mol. The molecule has 0 saturated heterocycles. The maximum Gasteiger partial charge on any atom is 0.305 e. The summed E-state index contributed by atoms with van der Waals surface area (Å²) in [4.78, 5) is 9.64. The van der Waals surface area contributed by atoms with Crippen LogP contribution in [0.15, 0.2) is 36.4 Å². The molecule has 0 aromatic heterocycles. The van der Waals surface area contributed by atoms with E-state index in [2.05, 4.69) is 0 Å². The maximum atomic E-state index is 13.6. The summed E-state index contributed by atoms with van der Waals surface area (Å²) >= 11 is 0. The molecule has 0 aliphatic rings. The third-order valence-electron chi connectivity index (χ3n) is 2.60. The van der Waals surface area contributed by atoms with Crippen molar-refractivity contribution in [2.24, 2.45) is 5.73 Å². The Morgan fingerprint density at radius 2 is 1.95 bits per heavy atom. The Bertz CT molecular complexity index is 662. The van der Waals surface area contributed by atoms with Crippen LogP contribution in [0.3, 0.4) is 0 Å². The summed E-state index contributed by atoms with van der Waals surface area (Å²) in [7, 11) is 0. The summed E-state index contributed by atoms with van der Waals surface area (Å²) in [5.41, 5.74) is 5.19. The van der Waals surface area contributed by atoms with E-state index in [1.807, 2.05) is 0 Å². The molecule has 2 aromatic carbocycles. The van der Waals surface area contributed by atoms with Crippen LogP contribution < -0.4 is 10.5 Å². The van der Waals surface area contributed by atoms with Gasteiger partial charge >= 0.3 is 5.69 Å². The third-order valence-corrected chi connectivity index (χ3v) is 2.60. The first-order chi connectivity index (χ1) is 9.52. The molecule has 20 heavy (non-hydrogen) atoms. The monoisotopic (exact) mass is 280 g/mol. The van der Waals surface area contributed by atoms with E-state index in [0.717, 1.165) is 12.1 Å². The van der Waals surface area contributed by atoms with E-state index in [0.29, 0.717) is 5.56 Å². The van der Waals surface area contributed by atoms with Crippen molar-refractivity contribution in [3.05, 3.63) is 63.7 Å². The van der Waals surface area contributed by atoms with E-state index < -0.39 is 22.2 Å². The summed E-state index contributed by atoms with van der Waals surface area (Å²) in [6, 6.07) is 7.18. The number of nitrogens with two attached hydrogens (primary N) is 1. The molecule has 2 rings (SSSR count). The highest BCUT2D eigenvalue weighted by Crippen LogP contribution is 2.30. The Morgan fingerprint density at radius 3 is 2.55 bits per heavy atom. The largest absolute Gasteiger partial charge is 0.454 e. The first-order valence-corrected chi connectivity index (χ1v) is 5.62. The molecule has 0 atom stereocenters. The fourth-order valence-electron chi connectivity index (χ4n) is 1.65. The van der Waals surface area contributed by atoms with Gasteiger partial charge < -0.3 is 10.5 Å². The van der Waals surface area contributed by atoms with Gasteiger partial charge in [-0.05, 0) is 12.1 Å². The van der Waals surface area contributed by atoms with E-state index in [4.69, 9.17) is 10.5 Å². The van der Waals surface area contributed by atoms with Gasteiger partial charge in [-0.2, -0.15) is 4.39 Å². The van der Waals surface area contributed by atoms with Gasteiger partial charge in [0.25, 0.3) is 0 Å². The predicted octanol–water partition coefficient (Wildman–Crippen LogP) is 3.12. The van der Waals surface area contributed by atoms with E-state index in [1.165, 1.54) is 18.2 Å². The topological polar surface area (TPSA) is 78.4 Å². The van der Waals surface area contributed by atoms with Crippen LogP contribution in [0.1, 0.15) is 5.56 Å². The zero-order valence-electron chi connectivity index (χ0n) is 10.2. The number of nitro groups is 1. The Hall–Kier alpha value is -2.54. The summed E-state index contributed by atoms with van der Waals surface area (Å²) < 4.78 is 32.3. The number of halogens is 2. The van der Waals surface area contributed by atoms with Gasteiger partial charge in [-0.15, -0.1) is 0 Å². The van der Waals surface area contributed by atoms with Crippen molar-refractivity contribution in [1.82, 2.24) is 0 Å². The Balaban J connectivity index is 2.36. The normalized spacial score (nSPS) is 10.3. The van der Waals surface area contributed by atoms with E-state index in [-0.39, 0.29) is 18.0 Å². The van der Waals surface area contributed by atoms with Crippen LogP contribution in [0.25, 0.3) is 0 Å². The average molecular weight is 280 g/mol. The number of nitrogens with zero attached hydrogens (tertiary/aromatic N) is 1. The molecule has 0 amide bonds. The summed E-state index contributed by atoms with van der Waals surface area (Å²) in [6.07, 6.45) is 0. The number of nitro benzene ring substituents is 1. The van der Waals surface area contributed by atoms with Gasteiger partial charge in [0.05, 0.1) is 4.92 Å². The quantitative estimate of drug-likeness (QED) is 0.689. The Labute approximate surface area is 112 Å². The van der Waals surface area contributed by atoms with Crippen LogP contribution in [0.2, 0.25) is 0 Å². The highest BCUT2D eigenvalue weighted by molar-refractivity contribution is 5.42. The van der Waals surface area contributed by atoms with Crippen molar-refractivity contribution in [1.29, 1.82) is 0 Å². The van der Waals surface area contributed by atoms with Gasteiger partial charge in [0.2, 0.25) is 5.82 Å². The minimum Gasteiger partial charge on any atom is -0.454 e. The van der Waals surface area contributed by atoms with Crippen LogP contribution in [0.5, 0.6) is 11.5 Å². The minimum absolute atomic E-state index is 0.0442. The molecule has 0 saturated carbocycles. The van der Waals surface area contributed by atoms with Crippen molar-refractivity contribution >= 4 is 5.69 Å². The van der Waals surface area contributed by atoms with E-state index in [1.54, 1.807) is 6.07 Å². The fourth-order valence-corrected chi connectivity index (χ4v) is 1.65. The maximum absolute atomic E-state index is 13.6. The average Bonchev–Trinajstić information content (AvgIpc) is 2.40. The molecule has 0 bridgehead atoms. The number of hydrogen-bond donors (Lipinski definition) is 1. The zero-order valence-corrected chi connectivity index (χ0v) is 10.2. The lowest BCUT2D eigenvalue weighted by molar-refractivity contribution is -0.387. The van der Waals surface area contributed by atoms with Crippen molar-refractivity contribution in [2.75, 3.05) is 0 Å². The van der Waals surface area contributed by atoms with Gasteiger partial charge in [-0.25, -0.2) is 4.39 Å². The molecular weight excluding hydrogens is 270 g/mol. The molecule has 0 fully saturated rings. The van der Waals surface area contributed by atoms with Gasteiger partial charge in [0.1, 0.15) is 5.75 Å². The van der Waals surface area contributed by atoms with Gasteiger partial charge in [-0.3, -0.25) is 10.1 Å². The second kappa shape index (κ2) is 5.62. The lowest BCUT2D eigenvalue weighted by Crippen LogP contribution is -2.01. The van der Waals surface area contributed by atoms with Crippen LogP contribution >= 0.6 is 0 Å². The fraction of sp³-hybridized carbons (Fsp3) is 0.0769. The Kier molecular flexibility index (Phi) is 3.90. The van der Waals surface area contributed by atoms with Crippen molar-refractivity contribution < 1.29 is 18.4 Å². The summed E-state index contributed by atoms with van der Waals surface area (Å²) in [5.74, 6) is -1.87. The third kappa shape index (κ3) is 2.72. The number of para-hydroxylation sites is 1. The molecule has 0 spiro atoms. The standard InChI is InChI=1S/C13H10F2N2O3/c14-10-3-1-2-8(7-16)13(10)20-9-4-5-12(17(18)19)11(15)6-9/h1-6H,7,16H2. The van der Waals surface area contributed by atoms with Gasteiger partial charge in [-0.1, -0.05) is 12.1 Å². The molecule has 0 heterocycles. The summed E-state index contributed by atoms with van der Waals surface area (Å²) in [5, 5.41) is 10.5. The molecule has 0 radical (unpaired) electrons.